The van der Waals surface area contributed by atoms with Crippen molar-refractivity contribution in [3.8, 4) is 11.5 Å². The van der Waals surface area contributed by atoms with E-state index in [0.717, 1.165) is 33.7 Å². The molecule has 0 aliphatic heterocycles. The van der Waals surface area contributed by atoms with Crippen LogP contribution in [-0.4, -0.2) is 22.8 Å². The first-order chi connectivity index (χ1) is 18.2. The van der Waals surface area contributed by atoms with E-state index in [2.05, 4.69) is 10.4 Å². The highest BCUT2D eigenvalue weighted by Gasteiger charge is 2.15. The number of aryl methyl sites for hydroxylation is 2. The van der Waals surface area contributed by atoms with E-state index in [-0.39, 0.29) is 5.91 Å². The van der Waals surface area contributed by atoms with E-state index < -0.39 is 5.82 Å². The number of ether oxygens (including phenoxy) is 2. The second kappa shape index (κ2) is 12.0. The maximum absolute atomic E-state index is 13.4. The van der Waals surface area contributed by atoms with Crippen molar-refractivity contribution in [2.24, 2.45) is 0 Å². The molecule has 1 N–H and O–H groups in total. The van der Waals surface area contributed by atoms with Gasteiger partial charge in [-0.25, -0.2) is 4.39 Å². The summed E-state index contributed by atoms with van der Waals surface area (Å²) in [5.74, 6) is 0.835. The Bertz CT molecular complexity index is 1500. The minimum absolute atomic E-state index is 0.288. The van der Waals surface area contributed by atoms with Crippen molar-refractivity contribution < 1.29 is 18.7 Å². The number of carbonyl (C=O) groups is 1. The number of hydrogen-bond acceptors (Lipinski definition) is 4. The molecule has 0 radical (unpaired) electrons. The molecular weight excluding hydrogens is 505 g/mol. The third-order valence-electron chi connectivity index (χ3n) is 6.17. The molecule has 0 saturated heterocycles. The first kappa shape index (κ1) is 26.9. The Hall–Kier alpha value is -4.10. The number of benzene rings is 3. The lowest BCUT2D eigenvalue weighted by Crippen LogP contribution is -2.10. The minimum atomic E-state index is -0.394. The summed E-state index contributed by atoms with van der Waals surface area (Å²) in [5, 5.41) is 7.77. The number of aromatic nitrogens is 2. The fourth-order valence-electron chi connectivity index (χ4n) is 4.07. The average molecular weight is 534 g/mol. The Morgan fingerprint density at radius 3 is 2.58 bits per heavy atom. The summed E-state index contributed by atoms with van der Waals surface area (Å²) in [6.07, 6.45) is 3.21. The molecule has 0 spiro atoms. The van der Waals surface area contributed by atoms with Crippen molar-refractivity contribution >= 4 is 29.3 Å². The lowest BCUT2D eigenvalue weighted by atomic mass is 10.1. The number of nitrogens with one attached hydrogen (secondary N) is 1. The Balaban J connectivity index is 1.45. The van der Waals surface area contributed by atoms with Gasteiger partial charge in [-0.3, -0.25) is 9.48 Å². The molecule has 6 nitrogen and oxygen atoms in total. The van der Waals surface area contributed by atoms with Crippen molar-refractivity contribution in [3.63, 3.8) is 0 Å². The first-order valence-electron chi connectivity index (χ1n) is 12.1. The van der Waals surface area contributed by atoms with Crippen LogP contribution in [0.2, 0.25) is 5.02 Å². The number of carbonyl (C=O) groups excluding carboxylic acids is 1. The Labute approximate surface area is 226 Å². The highest BCUT2D eigenvalue weighted by atomic mass is 35.5. The molecule has 0 bridgehead atoms. The van der Waals surface area contributed by atoms with E-state index in [1.54, 1.807) is 23.9 Å². The quantitative estimate of drug-likeness (QED) is 0.238. The van der Waals surface area contributed by atoms with Crippen LogP contribution >= 0.6 is 11.6 Å². The molecule has 1 aromatic heterocycles. The zero-order valence-electron chi connectivity index (χ0n) is 21.7. The molecule has 0 saturated carbocycles. The number of para-hydroxylation sites is 1. The van der Waals surface area contributed by atoms with Crippen molar-refractivity contribution in [2.45, 2.75) is 33.9 Å². The normalized spacial score (nSPS) is 11.1. The molecule has 1 amide bonds. The van der Waals surface area contributed by atoms with E-state index in [4.69, 9.17) is 21.1 Å². The van der Waals surface area contributed by atoms with Crippen LogP contribution in [0.3, 0.4) is 0 Å². The predicted molar refractivity (Wildman–Crippen MR) is 148 cm³/mol. The third kappa shape index (κ3) is 6.42. The monoisotopic (exact) mass is 533 g/mol. The number of rotatable bonds is 9. The topological polar surface area (TPSA) is 65.4 Å². The van der Waals surface area contributed by atoms with Gasteiger partial charge < -0.3 is 14.8 Å². The second-order valence-corrected chi connectivity index (χ2v) is 9.29. The summed E-state index contributed by atoms with van der Waals surface area (Å²) in [7, 11) is 1.62. The maximum Gasteiger partial charge on any atom is 0.248 e. The molecule has 4 aromatic rings. The Morgan fingerprint density at radius 2 is 1.84 bits per heavy atom. The number of methoxy groups -OCH3 is 1. The fraction of sp³-hybridized carbons (Fsp3) is 0.200. The van der Waals surface area contributed by atoms with E-state index in [1.807, 2.05) is 63.2 Å². The molecule has 1 heterocycles. The molecule has 0 aliphatic rings. The lowest BCUT2D eigenvalue weighted by molar-refractivity contribution is -0.111. The Kier molecular flexibility index (Phi) is 8.48. The summed E-state index contributed by atoms with van der Waals surface area (Å²) in [6, 6.07) is 17.7. The zero-order chi connectivity index (χ0) is 27.2. The molecule has 0 atom stereocenters. The van der Waals surface area contributed by atoms with Crippen LogP contribution in [0.25, 0.3) is 6.08 Å². The van der Waals surface area contributed by atoms with Gasteiger partial charge in [0.2, 0.25) is 5.91 Å². The van der Waals surface area contributed by atoms with Gasteiger partial charge in [-0.1, -0.05) is 41.9 Å². The third-order valence-corrected chi connectivity index (χ3v) is 6.53. The van der Waals surface area contributed by atoms with Crippen LogP contribution in [0.5, 0.6) is 11.5 Å². The van der Waals surface area contributed by atoms with Crippen molar-refractivity contribution in [1.82, 2.24) is 9.78 Å². The summed E-state index contributed by atoms with van der Waals surface area (Å²) in [5.41, 5.74) is 5.55. The molecule has 38 heavy (non-hydrogen) atoms. The molecule has 0 unspecified atom stereocenters. The maximum atomic E-state index is 13.4. The van der Waals surface area contributed by atoms with Crippen molar-refractivity contribution in [2.75, 3.05) is 12.4 Å². The highest BCUT2D eigenvalue weighted by Crippen LogP contribution is 2.26. The lowest BCUT2D eigenvalue weighted by Gasteiger charge is -2.12. The van der Waals surface area contributed by atoms with Crippen LogP contribution in [0.15, 0.2) is 66.7 Å². The molecule has 3 aromatic carbocycles. The predicted octanol–water partition coefficient (Wildman–Crippen LogP) is 6.89. The molecule has 0 aliphatic carbocycles. The number of nitrogens with zero attached hydrogens (tertiary/aromatic N) is 2. The van der Waals surface area contributed by atoms with Gasteiger partial charge in [-0.05, 0) is 73.9 Å². The molecular formula is C30H29ClFN3O3. The number of halogens is 2. The van der Waals surface area contributed by atoms with Crippen LogP contribution in [0.1, 0.15) is 33.6 Å². The molecule has 4 rings (SSSR count). The van der Waals surface area contributed by atoms with Crippen LogP contribution in [0.4, 0.5) is 10.1 Å². The van der Waals surface area contributed by atoms with Crippen LogP contribution in [0, 0.1) is 26.6 Å². The SMILES string of the molecule is COc1ccc(/C=C/C(=O)Nc2c(C)nn(Cc3ccc(F)cc3Cl)c2C)cc1COc1ccccc1C. The fourth-order valence-corrected chi connectivity index (χ4v) is 4.30. The summed E-state index contributed by atoms with van der Waals surface area (Å²) in [4.78, 5) is 12.8. The summed E-state index contributed by atoms with van der Waals surface area (Å²) >= 11 is 6.17. The van der Waals surface area contributed by atoms with Gasteiger partial charge in [0.05, 0.1) is 30.7 Å². The summed E-state index contributed by atoms with van der Waals surface area (Å²) < 4.78 is 26.6. The first-order valence-corrected chi connectivity index (χ1v) is 12.4. The van der Waals surface area contributed by atoms with E-state index in [0.29, 0.717) is 35.3 Å². The Morgan fingerprint density at radius 1 is 1.05 bits per heavy atom. The van der Waals surface area contributed by atoms with Gasteiger partial charge >= 0.3 is 0 Å². The largest absolute Gasteiger partial charge is 0.496 e. The van der Waals surface area contributed by atoms with E-state index >= 15 is 0 Å². The van der Waals surface area contributed by atoms with Crippen molar-refractivity contribution in [3.05, 3.63) is 111 Å². The summed E-state index contributed by atoms with van der Waals surface area (Å²) in [6.45, 7) is 6.37. The molecule has 0 fully saturated rings. The zero-order valence-corrected chi connectivity index (χ0v) is 22.5. The van der Waals surface area contributed by atoms with E-state index in [1.165, 1.54) is 18.2 Å². The smallest absolute Gasteiger partial charge is 0.248 e. The van der Waals surface area contributed by atoms with E-state index in [9.17, 15) is 9.18 Å². The molecule has 196 valence electrons. The van der Waals surface area contributed by atoms with Gasteiger partial charge in [0.25, 0.3) is 0 Å². The van der Waals surface area contributed by atoms with Gasteiger partial charge in [0.15, 0.2) is 0 Å². The average Bonchev–Trinajstić information content (AvgIpc) is 3.16. The number of hydrogen-bond donors (Lipinski definition) is 1. The van der Waals surface area contributed by atoms with Gasteiger partial charge in [-0.2, -0.15) is 5.10 Å². The van der Waals surface area contributed by atoms with Gasteiger partial charge in [0, 0.05) is 16.7 Å². The standard InChI is InChI=1S/C30H29ClFN3O3/c1-19-7-5-6-8-27(19)38-18-24-15-22(9-13-28(24)37-4)10-14-29(36)33-30-20(2)34-35(21(30)3)17-23-11-12-25(32)16-26(23)31/h5-16H,17-18H2,1-4H3,(H,33,36)/b14-10+. The minimum Gasteiger partial charge on any atom is -0.496 e. The number of anilines is 1. The second-order valence-electron chi connectivity index (χ2n) is 8.89. The number of amides is 1. The van der Waals surface area contributed by atoms with Gasteiger partial charge in [-0.15, -0.1) is 0 Å². The van der Waals surface area contributed by atoms with Crippen molar-refractivity contribution in [1.29, 1.82) is 0 Å². The van der Waals surface area contributed by atoms with Crippen LogP contribution < -0.4 is 14.8 Å². The highest BCUT2D eigenvalue weighted by molar-refractivity contribution is 6.31. The van der Waals surface area contributed by atoms with Gasteiger partial charge in [0.1, 0.15) is 23.9 Å². The molecule has 8 heteroatoms. The van der Waals surface area contributed by atoms with Crippen LogP contribution in [-0.2, 0) is 17.9 Å².